The first-order valence-electron chi connectivity index (χ1n) is 9.59. The molecule has 0 spiro atoms. The molecule has 1 aliphatic carbocycles. The average molecular weight is 416 g/mol. The molecular formula is C18H26F2N4O3S. The third-order valence-electron chi connectivity index (χ3n) is 5.52. The summed E-state index contributed by atoms with van der Waals surface area (Å²) in [7, 11) is -4.03. The van der Waals surface area contributed by atoms with Crippen LogP contribution in [0.2, 0.25) is 0 Å². The summed E-state index contributed by atoms with van der Waals surface area (Å²) in [5, 5.41) is 7.24. The van der Waals surface area contributed by atoms with Gasteiger partial charge in [0.05, 0.1) is 6.04 Å². The minimum atomic E-state index is -4.03. The van der Waals surface area contributed by atoms with Crippen molar-refractivity contribution < 1.29 is 22.0 Å². The molecule has 1 aromatic rings. The van der Waals surface area contributed by atoms with E-state index < -0.39 is 34.3 Å². The average Bonchev–Trinajstić information content (AvgIpc) is 2.90. The molecule has 10 heteroatoms. The number of nitrogens with zero attached hydrogens (tertiary/aromatic N) is 2. The van der Waals surface area contributed by atoms with Crippen LogP contribution >= 0.6 is 0 Å². The number of primary sulfonamides is 1. The Morgan fingerprint density at radius 1 is 1.25 bits per heavy atom. The van der Waals surface area contributed by atoms with Gasteiger partial charge in [-0.2, -0.15) is 0 Å². The van der Waals surface area contributed by atoms with Crippen molar-refractivity contribution >= 4 is 21.6 Å². The Labute approximate surface area is 163 Å². The van der Waals surface area contributed by atoms with E-state index in [2.05, 4.69) is 10.3 Å². The third kappa shape index (κ3) is 5.24. The predicted octanol–water partition coefficient (Wildman–Crippen LogP) is 2.49. The van der Waals surface area contributed by atoms with Gasteiger partial charge >= 0.3 is 0 Å². The van der Waals surface area contributed by atoms with Crippen molar-refractivity contribution in [3.63, 3.8) is 0 Å². The number of pyridine rings is 1. The van der Waals surface area contributed by atoms with Gasteiger partial charge in [-0.3, -0.25) is 9.69 Å². The second kappa shape index (κ2) is 8.38. The first kappa shape index (κ1) is 21.1. The van der Waals surface area contributed by atoms with E-state index in [-0.39, 0.29) is 29.7 Å². The number of sulfonamides is 1. The lowest BCUT2D eigenvalue weighted by molar-refractivity contribution is -0.135. The number of likely N-dealkylation sites (tertiary alicyclic amines) is 1. The maximum Gasteiger partial charge on any atom is 0.255 e. The van der Waals surface area contributed by atoms with Crippen LogP contribution in [-0.4, -0.2) is 48.8 Å². The fraction of sp³-hybridized carbons (Fsp3) is 0.667. The number of halogens is 2. The highest BCUT2D eigenvalue weighted by Crippen LogP contribution is 2.36. The second-order valence-corrected chi connectivity index (χ2v) is 9.13. The van der Waals surface area contributed by atoms with E-state index in [0.717, 1.165) is 44.6 Å². The molecule has 3 N–H and O–H groups in total. The van der Waals surface area contributed by atoms with E-state index in [1.165, 1.54) is 12.3 Å². The van der Waals surface area contributed by atoms with Crippen molar-refractivity contribution in [3.8, 4) is 0 Å². The smallest absolute Gasteiger partial charge is 0.255 e. The number of nitrogens with one attached hydrogen (secondary N) is 1. The van der Waals surface area contributed by atoms with Crippen LogP contribution in [0.15, 0.2) is 23.4 Å². The Bertz CT molecular complexity index is 811. The number of aromatic nitrogens is 1. The van der Waals surface area contributed by atoms with Gasteiger partial charge < -0.3 is 5.32 Å². The molecule has 1 aliphatic heterocycles. The summed E-state index contributed by atoms with van der Waals surface area (Å²) in [4.78, 5) is 18.4. The Balaban J connectivity index is 1.79. The molecular weight excluding hydrogens is 390 g/mol. The highest BCUT2D eigenvalue weighted by Gasteiger charge is 2.45. The molecule has 1 amide bonds. The SMILES string of the molecule is NS(=O)(=O)c1cc(NC(=O)C2CC(F)(F)CCN2C2CCCCCC2)ccn1. The summed E-state index contributed by atoms with van der Waals surface area (Å²) in [6.07, 6.45) is 6.55. The Hall–Kier alpha value is -1.65. The van der Waals surface area contributed by atoms with Gasteiger partial charge in [0.15, 0.2) is 5.03 Å². The molecule has 2 aliphatic rings. The lowest BCUT2D eigenvalue weighted by Gasteiger charge is -2.42. The number of hydrogen-bond acceptors (Lipinski definition) is 5. The number of nitrogens with two attached hydrogens (primary N) is 1. The van der Waals surface area contributed by atoms with Gasteiger partial charge in [-0.1, -0.05) is 25.7 Å². The molecule has 1 saturated heterocycles. The normalized spacial score (nSPS) is 24.5. The minimum Gasteiger partial charge on any atom is -0.325 e. The van der Waals surface area contributed by atoms with Gasteiger partial charge in [0.2, 0.25) is 5.91 Å². The zero-order valence-electron chi connectivity index (χ0n) is 15.6. The van der Waals surface area contributed by atoms with Crippen molar-refractivity contribution in [2.24, 2.45) is 5.14 Å². The topological polar surface area (TPSA) is 105 Å². The van der Waals surface area contributed by atoms with Gasteiger partial charge in [-0.25, -0.2) is 27.3 Å². The number of alkyl halides is 2. The van der Waals surface area contributed by atoms with Gasteiger partial charge in [0.25, 0.3) is 15.9 Å². The summed E-state index contributed by atoms with van der Waals surface area (Å²) >= 11 is 0. The maximum atomic E-state index is 14.1. The summed E-state index contributed by atoms with van der Waals surface area (Å²) < 4.78 is 51.1. The Kier molecular flexibility index (Phi) is 6.31. The van der Waals surface area contributed by atoms with E-state index >= 15 is 0 Å². The van der Waals surface area contributed by atoms with E-state index in [1.807, 2.05) is 4.90 Å². The van der Waals surface area contributed by atoms with E-state index in [9.17, 15) is 22.0 Å². The van der Waals surface area contributed by atoms with Crippen molar-refractivity contribution in [2.45, 2.75) is 74.4 Å². The van der Waals surface area contributed by atoms with Crippen molar-refractivity contribution in [1.29, 1.82) is 0 Å². The first-order valence-corrected chi connectivity index (χ1v) is 11.1. The van der Waals surface area contributed by atoms with Crippen LogP contribution in [0.4, 0.5) is 14.5 Å². The molecule has 0 radical (unpaired) electrons. The first-order chi connectivity index (χ1) is 13.2. The Morgan fingerprint density at radius 2 is 1.93 bits per heavy atom. The molecule has 1 atom stereocenters. The summed E-state index contributed by atoms with van der Waals surface area (Å²) in [6.45, 7) is 0.175. The molecule has 28 heavy (non-hydrogen) atoms. The molecule has 1 unspecified atom stereocenters. The molecule has 156 valence electrons. The number of amides is 1. The lowest BCUT2D eigenvalue weighted by Crippen LogP contribution is -2.56. The van der Waals surface area contributed by atoms with E-state index in [1.54, 1.807) is 0 Å². The standard InChI is InChI=1S/C18H26F2N4O3S/c19-18(20)8-10-24(14-5-3-1-2-4-6-14)15(12-18)17(25)23-13-7-9-22-16(11-13)28(21,26)27/h7,9,11,14-15H,1-6,8,10,12H2,(H2,21,26,27)(H,22,23,25). The molecule has 7 nitrogen and oxygen atoms in total. The number of carbonyl (C=O) groups excluding carboxylic acids is 1. The number of rotatable bonds is 4. The summed E-state index contributed by atoms with van der Waals surface area (Å²) in [5.74, 6) is -3.46. The number of hydrogen-bond donors (Lipinski definition) is 2. The molecule has 1 aromatic heterocycles. The molecule has 1 saturated carbocycles. The van der Waals surface area contributed by atoms with Crippen LogP contribution in [0.3, 0.4) is 0 Å². The van der Waals surface area contributed by atoms with E-state index in [0.29, 0.717) is 0 Å². The van der Waals surface area contributed by atoms with Crippen LogP contribution in [0.25, 0.3) is 0 Å². The fourth-order valence-corrected chi connectivity index (χ4v) is 4.59. The van der Waals surface area contributed by atoms with E-state index in [4.69, 9.17) is 5.14 Å². The maximum absolute atomic E-state index is 14.1. The minimum absolute atomic E-state index is 0.117. The van der Waals surface area contributed by atoms with Gasteiger partial charge in [0, 0.05) is 43.4 Å². The third-order valence-corrected chi connectivity index (χ3v) is 6.32. The quantitative estimate of drug-likeness (QED) is 0.734. The monoisotopic (exact) mass is 416 g/mol. The second-order valence-electron chi connectivity index (χ2n) is 7.63. The highest BCUT2D eigenvalue weighted by atomic mass is 32.2. The van der Waals surface area contributed by atoms with Crippen molar-refractivity contribution in [1.82, 2.24) is 9.88 Å². The fourth-order valence-electron chi connectivity index (χ4n) is 4.09. The number of piperidine rings is 1. The largest absolute Gasteiger partial charge is 0.325 e. The highest BCUT2D eigenvalue weighted by molar-refractivity contribution is 7.89. The van der Waals surface area contributed by atoms with Crippen LogP contribution in [0.1, 0.15) is 51.4 Å². The predicted molar refractivity (Wildman–Crippen MR) is 100 cm³/mol. The molecule has 0 bridgehead atoms. The van der Waals surface area contributed by atoms with Gasteiger partial charge in [-0.05, 0) is 18.9 Å². The number of carbonyl (C=O) groups is 1. The zero-order chi connectivity index (χ0) is 20.4. The van der Waals surface area contributed by atoms with Crippen molar-refractivity contribution in [3.05, 3.63) is 18.3 Å². The van der Waals surface area contributed by atoms with Gasteiger partial charge in [-0.15, -0.1) is 0 Å². The lowest BCUT2D eigenvalue weighted by atomic mass is 9.93. The van der Waals surface area contributed by atoms with Crippen molar-refractivity contribution in [2.75, 3.05) is 11.9 Å². The molecule has 3 rings (SSSR count). The van der Waals surface area contributed by atoms with Crippen LogP contribution < -0.4 is 10.5 Å². The Morgan fingerprint density at radius 3 is 2.57 bits per heavy atom. The van der Waals surface area contributed by atoms with Gasteiger partial charge in [0.1, 0.15) is 0 Å². The number of anilines is 1. The summed E-state index contributed by atoms with van der Waals surface area (Å²) in [5.41, 5.74) is 0.165. The molecule has 0 aromatic carbocycles. The zero-order valence-corrected chi connectivity index (χ0v) is 16.4. The van der Waals surface area contributed by atoms with Crippen LogP contribution in [0, 0.1) is 0 Å². The van der Waals surface area contributed by atoms with Crippen LogP contribution in [0.5, 0.6) is 0 Å². The summed E-state index contributed by atoms with van der Waals surface area (Å²) in [6, 6.07) is 1.69. The molecule has 2 fully saturated rings. The van der Waals surface area contributed by atoms with Crippen LogP contribution in [-0.2, 0) is 14.8 Å². The molecule has 2 heterocycles.